The van der Waals surface area contributed by atoms with Crippen LogP contribution < -0.4 is 9.47 Å². The van der Waals surface area contributed by atoms with Crippen molar-refractivity contribution < 1.29 is 19.4 Å². The summed E-state index contributed by atoms with van der Waals surface area (Å²) in [5, 5.41) is 8.80. The van der Waals surface area contributed by atoms with Crippen molar-refractivity contribution in [3.63, 3.8) is 0 Å². The van der Waals surface area contributed by atoms with Crippen LogP contribution in [0.25, 0.3) is 0 Å². The summed E-state index contributed by atoms with van der Waals surface area (Å²) >= 11 is 0. The first-order valence-electron chi connectivity index (χ1n) is 6.75. The zero-order valence-corrected chi connectivity index (χ0v) is 11.2. The molecule has 0 unspecified atom stereocenters. The minimum Gasteiger partial charge on any atom is -0.493 e. The fraction of sp³-hybridized carbons (Fsp3) is 0.533. The summed E-state index contributed by atoms with van der Waals surface area (Å²) in [6, 6.07) is 5.64. The number of ether oxygens (including phenoxy) is 2. The Bertz CT molecular complexity index is 436. The third kappa shape index (κ3) is 3.63. The van der Waals surface area contributed by atoms with Gasteiger partial charge in [-0.05, 0) is 43.7 Å². The van der Waals surface area contributed by atoms with E-state index in [0.29, 0.717) is 12.2 Å². The number of benzene rings is 1. The Morgan fingerprint density at radius 3 is 2.74 bits per heavy atom. The first kappa shape index (κ1) is 13.7. The molecule has 0 aliphatic heterocycles. The van der Waals surface area contributed by atoms with Gasteiger partial charge in [0.05, 0.1) is 13.2 Å². The second-order valence-corrected chi connectivity index (χ2v) is 4.87. The van der Waals surface area contributed by atoms with Gasteiger partial charge in [0.25, 0.3) is 0 Å². The number of rotatable bonds is 6. The lowest BCUT2D eigenvalue weighted by Crippen LogP contribution is -2.13. The van der Waals surface area contributed by atoms with E-state index in [0.717, 1.165) is 24.2 Å². The number of carboxylic acids is 1. The maximum Gasteiger partial charge on any atom is 0.303 e. The monoisotopic (exact) mass is 264 g/mol. The quantitative estimate of drug-likeness (QED) is 0.858. The second-order valence-electron chi connectivity index (χ2n) is 4.87. The van der Waals surface area contributed by atoms with Gasteiger partial charge in [-0.15, -0.1) is 0 Å². The Balaban J connectivity index is 2.17. The van der Waals surface area contributed by atoms with Crippen LogP contribution in [0.15, 0.2) is 18.2 Å². The number of para-hydroxylation sites is 1. The van der Waals surface area contributed by atoms with Gasteiger partial charge in [-0.2, -0.15) is 0 Å². The van der Waals surface area contributed by atoms with Gasteiger partial charge >= 0.3 is 5.97 Å². The Morgan fingerprint density at radius 1 is 1.37 bits per heavy atom. The van der Waals surface area contributed by atoms with Gasteiger partial charge in [-0.1, -0.05) is 12.1 Å². The molecule has 0 spiro atoms. The number of hydrogen-bond acceptors (Lipinski definition) is 3. The summed E-state index contributed by atoms with van der Waals surface area (Å²) in [7, 11) is 1.61. The lowest BCUT2D eigenvalue weighted by atomic mass is 10.1. The molecule has 1 N–H and O–H groups in total. The third-order valence-corrected chi connectivity index (χ3v) is 3.48. The van der Waals surface area contributed by atoms with Gasteiger partial charge in [-0.3, -0.25) is 4.79 Å². The average Bonchev–Trinajstić information content (AvgIpc) is 2.90. The van der Waals surface area contributed by atoms with Gasteiger partial charge in [0.2, 0.25) is 0 Å². The minimum absolute atomic E-state index is 0.105. The van der Waals surface area contributed by atoms with Crippen LogP contribution in [0.2, 0.25) is 0 Å². The normalized spacial score (nSPS) is 15.4. The van der Waals surface area contributed by atoms with Crippen molar-refractivity contribution in [1.82, 2.24) is 0 Å². The summed E-state index contributed by atoms with van der Waals surface area (Å²) in [6.07, 6.45) is 5.34. The van der Waals surface area contributed by atoms with Crippen LogP contribution >= 0.6 is 0 Å². The maximum absolute atomic E-state index is 10.7. The molecule has 0 saturated heterocycles. The predicted molar refractivity (Wildman–Crippen MR) is 71.8 cm³/mol. The molecule has 19 heavy (non-hydrogen) atoms. The van der Waals surface area contributed by atoms with E-state index in [2.05, 4.69) is 0 Å². The number of carboxylic acid groups (broad SMARTS) is 1. The number of methoxy groups -OCH3 is 1. The topological polar surface area (TPSA) is 55.8 Å². The van der Waals surface area contributed by atoms with Crippen LogP contribution in [0.5, 0.6) is 11.5 Å². The highest BCUT2D eigenvalue weighted by Gasteiger charge is 2.20. The summed E-state index contributed by atoms with van der Waals surface area (Å²) < 4.78 is 11.4. The van der Waals surface area contributed by atoms with Crippen molar-refractivity contribution in [2.45, 2.75) is 44.6 Å². The van der Waals surface area contributed by atoms with E-state index in [-0.39, 0.29) is 12.5 Å². The molecule has 2 rings (SSSR count). The van der Waals surface area contributed by atoms with E-state index >= 15 is 0 Å². The number of carbonyl (C=O) groups is 1. The molecule has 1 aliphatic carbocycles. The largest absolute Gasteiger partial charge is 0.493 e. The summed E-state index contributed by atoms with van der Waals surface area (Å²) in [4.78, 5) is 10.7. The first-order chi connectivity index (χ1) is 9.20. The van der Waals surface area contributed by atoms with Gasteiger partial charge in [0, 0.05) is 6.42 Å². The van der Waals surface area contributed by atoms with Crippen molar-refractivity contribution >= 4 is 5.97 Å². The summed E-state index contributed by atoms with van der Waals surface area (Å²) in [6.45, 7) is 0. The molecule has 0 atom stereocenters. The highest BCUT2D eigenvalue weighted by Crippen LogP contribution is 2.35. The molecule has 1 fully saturated rings. The van der Waals surface area contributed by atoms with Crippen LogP contribution in [0, 0.1) is 0 Å². The molecule has 4 nitrogen and oxygen atoms in total. The standard InChI is InChI=1S/C15H20O4/c1-18-13-8-4-5-11(9-10-14(16)17)15(13)19-12-6-2-3-7-12/h4-5,8,12H,2-3,6-7,9-10H2,1H3,(H,16,17). The molecule has 0 amide bonds. The zero-order chi connectivity index (χ0) is 13.7. The van der Waals surface area contributed by atoms with E-state index < -0.39 is 5.97 Å². The lowest BCUT2D eigenvalue weighted by molar-refractivity contribution is -0.136. The van der Waals surface area contributed by atoms with Crippen molar-refractivity contribution in [3.8, 4) is 11.5 Å². The molecule has 0 radical (unpaired) electrons. The van der Waals surface area contributed by atoms with Gasteiger partial charge < -0.3 is 14.6 Å². The highest BCUT2D eigenvalue weighted by atomic mass is 16.5. The van der Waals surface area contributed by atoms with Gasteiger partial charge in [0.15, 0.2) is 11.5 Å². The molecule has 1 saturated carbocycles. The van der Waals surface area contributed by atoms with Crippen molar-refractivity contribution in [2.24, 2.45) is 0 Å². The van der Waals surface area contributed by atoms with Crippen molar-refractivity contribution in [1.29, 1.82) is 0 Å². The van der Waals surface area contributed by atoms with Crippen LogP contribution in [0.4, 0.5) is 0 Å². The fourth-order valence-corrected chi connectivity index (χ4v) is 2.47. The minimum atomic E-state index is -0.797. The molecular formula is C15H20O4. The van der Waals surface area contributed by atoms with E-state index in [1.807, 2.05) is 18.2 Å². The number of aliphatic carboxylic acids is 1. The van der Waals surface area contributed by atoms with Crippen LogP contribution in [-0.2, 0) is 11.2 Å². The number of aryl methyl sites for hydroxylation is 1. The number of hydrogen-bond donors (Lipinski definition) is 1. The molecule has 1 aliphatic rings. The van der Waals surface area contributed by atoms with Gasteiger partial charge in [0.1, 0.15) is 0 Å². The zero-order valence-electron chi connectivity index (χ0n) is 11.2. The molecule has 1 aromatic rings. The molecule has 0 aromatic heterocycles. The van der Waals surface area contributed by atoms with E-state index in [1.165, 1.54) is 12.8 Å². The molecule has 0 bridgehead atoms. The second kappa shape index (κ2) is 6.45. The highest BCUT2D eigenvalue weighted by molar-refractivity contribution is 5.67. The Hall–Kier alpha value is -1.71. The third-order valence-electron chi connectivity index (χ3n) is 3.48. The van der Waals surface area contributed by atoms with E-state index in [1.54, 1.807) is 7.11 Å². The summed E-state index contributed by atoms with van der Waals surface area (Å²) in [5.74, 6) is 0.613. The molecular weight excluding hydrogens is 244 g/mol. The Labute approximate surface area is 113 Å². The van der Waals surface area contributed by atoms with Crippen LogP contribution in [0.3, 0.4) is 0 Å². The molecule has 4 heteroatoms. The van der Waals surface area contributed by atoms with Crippen molar-refractivity contribution in [2.75, 3.05) is 7.11 Å². The molecule has 104 valence electrons. The van der Waals surface area contributed by atoms with Crippen molar-refractivity contribution in [3.05, 3.63) is 23.8 Å². The van der Waals surface area contributed by atoms with E-state index in [9.17, 15) is 4.79 Å². The SMILES string of the molecule is COc1cccc(CCC(=O)O)c1OC1CCCC1. The Kier molecular flexibility index (Phi) is 4.66. The van der Waals surface area contributed by atoms with Crippen LogP contribution in [-0.4, -0.2) is 24.3 Å². The Morgan fingerprint density at radius 2 is 2.11 bits per heavy atom. The molecule has 0 heterocycles. The maximum atomic E-state index is 10.7. The first-order valence-corrected chi connectivity index (χ1v) is 6.75. The smallest absolute Gasteiger partial charge is 0.303 e. The van der Waals surface area contributed by atoms with Crippen LogP contribution in [0.1, 0.15) is 37.7 Å². The molecule has 1 aromatic carbocycles. The lowest BCUT2D eigenvalue weighted by Gasteiger charge is -2.19. The van der Waals surface area contributed by atoms with E-state index in [4.69, 9.17) is 14.6 Å². The fourth-order valence-electron chi connectivity index (χ4n) is 2.47. The predicted octanol–water partition coefficient (Wildman–Crippen LogP) is 3.03. The summed E-state index contributed by atoms with van der Waals surface area (Å²) in [5.41, 5.74) is 0.911. The average molecular weight is 264 g/mol. The van der Waals surface area contributed by atoms with Gasteiger partial charge in [-0.25, -0.2) is 0 Å².